The molecule has 2 aromatic heterocycles. The molecule has 0 bridgehead atoms. The highest BCUT2D eigenvalue weighted by Gasteiger charge is 2.13. The average Bonchev–Trinajstić information content (AvgIpc) is 3.23. The SMILES string of the molecule is CC(C)c1nnc(NC(=O)CSc2n[nH]c(-c3ccc(Cl)cc3)n2)o1. The van der Waals surface area contributed by atoms with Crippen molar-refractivity contribution in [2.45, 2.75) is 24.9 Å². The summed E-state index contributed by atoms with van der Waals surface area (Å²) in [7, 11) is 0. The van der Waals surface area contributed by atoms with Gasteiger partial charge >= 0.3 is 6.01 Å². The average molecular weight is 379 g/mol. The van der Waals surface area contributed by atoms with Gasteiger partial charge in [0.15, 0.2) is 5.82 Å². The molecule has 3 rings (SSSR count). The van der Waals surface area contributed by atoms with Crippen molar-refractivity contribution < 1.29 is 9.21 Å². The predicted molar refractivity (Wildman–Crippen MR) is 94.6 cm³/mol. The fraction of sp³-hybridized carbons (Fsp3) is 0.267. The summed E-state index contributed by atoms with van der Waals surface area (Å²) in [5.41, 5.74) is 0.861. The summed E-state index contributed by atoms with van der Waals surface area (Å²) in [5.74, 6) is 1.04. The second-order valence-corrected chi connectivity index (χ2v) is 6.79. The van der Waals surface area contributed by atoms with Crippen molar-refractivity contribution in [2.75, 3.05) is 11.1 Å². The van der Waals surface area contributed by atoms with E-state index in [9.17, 15) is 4.79 Å². The largest absolute Gasteiger partial charge is 0.408 e. The summed E-state index contributed by atoms with van der Waals surface area (Å²) in [6.45, 7) is 3.85. The smallest absolute Gasteiger partial charge is 0.322 e. The Hall–Kier alpha value is -2.39. The number of aromatic nitrogens is 5. The zero-order valence-electron chi connectivity index (χ0n) is 13.5. The maximum absolute atomic E-state index is 11.9. The molecule has 8 nitrogen and oxygen atoms in total. The van der Waals surface area contributed by atoms with Crippen molar-refractivity contribution in [1.29, 1.82) is 0 Å². The van der Waals surface area contributed by atoms with E-state index < -0.39 is 0 Å². The lowest BCUT2D eigenvalue weighted by Gasteiger charge is -1.98. The highest BCUT2D eigenvalue weighted by atomic mass is 35.5. The summed E-state index contributed by atoms with van der Waals surface area (Å²) in [6, 6.07) is 7.31. The lowest BCUT2D eigenvalue weighted by atomic mass is 10.2. The Kier molecular flexibility index (Phi) is 5.34. The molecule has 1 aromatic carbocycles. The third kappa shape index (κ3) is 4.58. The Morgan fingerprint density at radius 3 is 2.76 bits per heavy atom. The molecule has 0 fully saturated rings. The molecule has 3 aromatic rings. The van der Waals surface area contributed by atoms with Gasteiger partial charge in [0.2, 0.25) is 17.0 Å². The van der Waals surface area contributed by atoms with Gasteiger partial charge in [-0.25, -0.2) is 4.98 Å². The number of H-pyrrole nitrogens is 1. The standard InChI is InChI=1S/C15H15ClN6O2S/c1-8(2)13-20-21-14(24-13)17-11(23)7-25-15-18-12(19-22-15)9-3-5-10(16)6-4-9/h3-6,8H,7H2,1-2H3,(H,17,21,23)(H,18,19,22). The summed E-state index contributed by atoms with van der Waals surface area (Å²) in [4.78, 5) is 16.3. The Bertz CT molecular complexity index is 861. The number of nitrogens with one attached hydrogen (secondary N) is 2. The Morgan fingerprint density at radius 2 is 2.08 bits per heavy atom. The molecule has 130 valence electrons. The lowest BCUT2D eigenvalue weighted by molar-refractivity contribution is -0.113. The Morgan fingerprint density at radius 1 is 1.32 bits per heavy atom. The van der Waals surface area contributed by atoms with Gasteiger partial charge < -0.3 is 4.42 Å². The van der Waals surface area contributed by atoms with Crippen molar-refractivity contribution >= 4 is 35.3 Å². The number of hydrogen-bond acceptors (Lipinski definition) is 7. The highest BCUT2D eigenvalue weighted by Crippen LogP contribution is 2.21. The minimum Gasteiger partial charge on any atom is -0.408 e. The molecule has 2 N–H and O–H groups in total. The van der Waals surface area contributed by atoms with Gasteiger partial charge in [0, 0.05) is 16.5 Å². The van der Waals surface area contributed by atoms with Gasteiger partial charge in [-0.3, -0.25) is 15.2 Å². The summed E-state index contributed by atoms with van der Waals surface area (Å²) < 4.78 is 5.33. The van der Waals surface area contributed by atoms with E-state index in [0.717, 1.165) is 5.56 Å². The lowest BCUT2D eigenvalue weighted by Crippen LogP contribution is -2.14. The van der Waals surface area contributed by atoms with Crippen LogP contribution in [0.25, 0.3) is 11.4 Å². The van der Waals surface area contributed by atoms with Crippen LogP contribution >= 0.6 is 23.4 Å². The van der Waals surface area contributed by atoms with E-state index >= 15 is 0 Å². The minimum atomic E-state index is -0.276. The number of amides is 1. The maximum atomic E-state index is 11.9. The van der Waals surface area contributed by atoms with E-state index in [-0.39, 0.29) is 23.6 Å². The van der Waals surface area contributed by atoms with Crippen LogP contribution in [-0.4, -0.2) is 37.0 Å². The number of thioether (sulfide) groups is 1. The molecule has 0 unspecified atom stereocenters. The third-order valence-electron chi connectivity index (χ3n) is 3.10. The van der Waals surface area contributed by atoms with E-state index in [2.05, 4.69) is 30.7 Å². The number of carbonyl (C=O) groups is 1. The maximum Gasteiger partial charge on any atom is 0.322 e. The van der Waals surface area contributed by atoms with E-state index in [4.69, 9.17) is 16.0 Å². The van der Waals surface area contributed by atoms with Crippen molar-refractivity contribution in [3.05, 3.63) is 35.2 Å². The molecule has 0 radical (unpaired) electrons. The Balaban J connectivity index is 1.54. The van der Waals surface area contributed by atoms with Crippen LogP contribution in [-0.2, 0) is 4.79 Å². The summed E-state index contributed by atoms with van der Waals surface area (Å²) >= 11 is 7.06. The van der Waals surface area contributed by atoms with Crippen LogP contribution in [0, 0.1) is 0 Å². The molecule has 0 aliphatic rings. The number of carbonyl (C=O) groups excluding carboxylic acids is 1. The molecule has 10 heteroatoms. The first kappa shape index (κ1) is 17.4. The first-order valence-corrected chi connectivity index (χ1v) is 8.82. The van der Waals surface area contributed by atoms with Crippen LogP contribution in [0.5, 0.6) is 0 Å². The fourth-order valence-corrected chi connectivity index (χ4v) is 2.58. The fourth-order valence-electron chi connectivity index (χ4n) is 1.85. The quantitative estimate of drug-likeness (QED) is 0.633. The number of rotatable bonds is 6. The molecule has 25 heavy (non-hydrogen) atoms. The molecule has 1 amide bonds. The topological polar surface area (TPSA) is 110 Å². The van der Waals surface area contributed by atoms with Gasteiger partial charge in [-0.15, -0.1) is 10.2 Å². The van der Waals surface area contributed by atoms with Crippen LogP contribution in [0.3, 0.4) is 0 Å². The number of benzene rings is 1. The first-order chi connectivity index (χ1) is 12.0. The number of nitrogens with zero attached hydrogens (tertiary/aromatic N) is 4. The van der Waals surface area contributed by atoms with Gasteiger partial charge in [0.05, 0.1) is 5.75 Å². The van der Waals surface area contributed by atoms with E-state index in [1.165, 1.54) is 11.8 Å². The molecule has 0 spiro atoms. The molecular weight excluding hydrogens is 364 g/mol. The zero-order chi connectivity index (χ0) is 17.8. The summed E-state index contributed by atoms with van der Waals surface area (Å²) in [6.07, 6.45) is 0. The van der Waals surface area contributed by atoms with Crippen molar-refractivity contribution in [2.24, 2.45) is 0 Å². The minimum absolute atomic E-state index is 0.0890. The van der Waals surface area contributed by atoms with E-state index in [0.29, 0.717) is 21.9 Å². The van der Waals surface area contributed by atoms with Crippen LogP contribution in [0.2, 0.25) is 5.02 Å². The molecule has 2 heterocycles. The van der Waals surface area contributed by atoms with Crippen molar-refractivity contribution in [1.82, 2.24) is 25.4 Å². The second-order valence-electron chi connectivity index (χ2n) is 5.41. The number of hydrogen-bond donors (Lipinski definition) is 2. The van der Waals surface area contributed by atoms with E-state index in [1.807, 2.05) is 26.0 Å². The molecular formula is C15H15ClN6O2S. The zero-order valence-corrected chi connectivity index (χ0v) is 15.1. The molecule has 0 saturated carbocycles. The Labute approximate surface area is 152 Å². The van der Waals surface area contributed by atoms with Crippen LogP contribution in [0.15, 0.2) is 33.8 Å². The predicted octanol–water partition coefficient (Wildman–Crippen LogP) is 3.36. The summed E-state index contributed by atoms with van der Waals surface area (Å²) in [5, 5.41) is 18.2. The van der Waals surface area contributed by atoms with Gasteiger partial charge in [-0.2, -0.15) is 0 Å². The van der Waals surface area contributed by atoms with Gasteiger partial charge in [0.1, 0.15) is 0 Å². The van der Waals surface area contributed by atoms with Crippen LogP contribution in [0.4, 0.5) is 6.01 Å². The normalized spacial score (nSPS) is 11.0. The van der Waals surface area contributed by atoms with Crippen LogP contribution < -0.4 is 5.32 Å². The van der Waals surface area contributed by atoms with Gasteiger partial charge in [-0.1, -0.05) is 42.3 Å². The molecule has 0 aliphatic carbocycles. The third-order valence-corrected chi connectivity index (χ3v) is 4.20. The van der Waals surface area contributed by atoms with Crippen molar-refractivity contribution in [3.8, 4) is 11.4 Å². The van der Waals surface area contributed by atoms with Gasteiger partial charge in [-0.05, 0) is 24.3 Å². The molecule has 0 saturated heterocycles. The monoisotopic (exact) mass is 378 g/mol. The second kappa shape index (κ2) is 7.66. The number of halogens is 1. The number of anilines is 1. The van der Waals surface area contributed by atoms with Gasteiger partial charge in [0.25, 0.3) is 0 Å². The highest BCUT2D eigenvalue weighted by molar-refractivity contribution is 7.99. The molecule has 0 aliphatic heterocycles. The first-order valence-electron chi connectivity index (χ1n) is 7.45. The van der Waals surface area contributed by atoms with E-state index in [1.54, 1.807) is 12.1 Å². The van der Waals surface area contributed by atoms with Crippen molar-refractivity contribution in [3.63, 3.8) is 0 Å². The molecule has 0 atom stereocenters. The van der Waals surface area contributed by atoms with Crippen LogP contribution in [0.1, 0.15) is 25.7 Å². The number of aromatic amines is 1.